The number of carbonyl (C=O) groups excluding carboxylic acids is 2. The highest BCUT2D eigenvalue weighted by atomic mass is 16.5. The number of rotatable bonds is 10. The summed E-state index contributed by atoms with van der Waals surface area (Å²) in [5, 5.41) is 14.7. The third kappa shape index (κ3) is 5.35. The second-order valence-corrected chi connectivity index (χ2v) is 8.89. The number of hydrogen-bond donors (Lipinski definition) is 3. The van der Waals surface area contributed by atoms with E-state index in [1.54, 1.807) is 6.92 Å². The van der Waals surface area contributed by atoms with Gasteiger partial charge in [0, 0.05) is 12.5 Å². The maximum Gasteiger partial charge on any atom is 0.407 e. The fourth-order valence-electron chi connectivity index (χ4n) is 4.51. The fraction of sp³-hybridized carbons (Fsp3) is 0.423. The molecule has 2 aliphatic carbocycles. The zero-order valence-electron chi connectivity index (χ0n) is 18.8. The molecule has 0 bridgehead atoms. The first-order valence-electron chi connectivity index (χ1n) is 11.6. The van der Waals surface area contributed by atoms with Crippen LogP contribution in [0.3, 0.4) is 0 Å². The number of alkyl carbamates (subject to hydrolysis) is 1. The molecule has 0 radical (unpaired) electrons. The third-order valence-corrected chi connectivity index (χ3v) is 6.55. The van der Waals surface area contributed by atoms with E-state index in [9.17, 15) is 19.5 Å². The van der Waals surface area contributed by atoms with Gasteiger partial charge in [-0.25, -0.2) is 4.79 Å². The number of hydrogen-bond acceptors (Lipinski definition) is 4. The van der Waals surface area contributed by atoms with Crippen LogP contribution < -0.4 is 10.6 Å². The van der Waals surface area contributed by atoms with Gasteiger partial charge in [0.1, 0.15) is 12.6 Å². The molecule has 174 valence electrons. The Morgan fingerprint density at radius 3 is 2.18 bits per heavy atom. The number of ether oxygens (including phenoxy) is 1. The van der Waals surface area contributed by atoms with Gasteiger partial charge in [0.05, 0.1) is 5.92 Å². The minimum atomic E-state index is -0.903. The summed E-state index contributed by atoms with van der Waals surface area (Å²) in [4.78, 5) is 36.5. The Bertz CT molecular complexity index is 987. The summed E-state index contributed by atoms with van der Waals surface area (Å²) in [5.74, 6) is -1.51. The van der Waals surface area contributed by atoms with Crippen LogP contribution in [0.1, 0.15) is 49.7 Å². The standard InChI is InChI=1S/C26H30N2O5/c1-2-23(24(29)27-14-17(25(30)31)13-16-11-12-16)28-26(32)33-15-22-20-9-5-3-7-18(20)19-8-4-6-10-21(19)22/h3-10,16-17,22-23H,2,11-15H2,1H3,(H,27,29)(H,28,32)(H,30,31)/t17?,23-/m1/s1. The normalized spacial score (nSPS) is 16.3. The summed E-state index contributed by atoms with van der Waals surface area (Å²) in [5.41, 5.74) is 4.53. The molecule has 2 aromatic carbocycles. The molecule has 2 aliphatic rings. The fourth-order valence-corrected chi connectivity index (χ4v) is 4.51. The molecule has 1 unspecified atom stereocenters. The van der Waals surface area contributed by atoms with E-state index >= 15 is 0 Å². The molecule has 0 aliphatic heterocycles. The zero-order chi connectivity index (χ0) is 23.4. The highest BCUT2D eigenvalue weighted by molar-refractivity contribution is 5.86. The van der Waals surface area contributed by atoms with Crippen molar-refractivity contribution < 1.29 is 24.2 Å². The maximum atomic E-state index is 12.6. The Labute approximate surface area is 193 Å². The van der Waals surface area contributed by atoms with Gasteiger partial charge >= 0.3 is 12.1 Å². The molecule has 1 fully saturated rings. The molecule has 1 saturated carbocycles. The molecule has 0 spiro atoms. The van der Waals surface area contributed by atoms with Crippen LogP contribution in [-0.2, 0) is 14.3 Å². The van der Waals surface area contributed by atoms with Gasteiger partial charge in [-0.15, -0.1) is 0 Å². The first-order valence-corrected chi connectivity index (χ1v) is 11.6. The molecule has 0 saturated heterocycles. The lowest BCUT2D eigenvalue weighted by Gasteiger charge is -2.20. The maximum absolute atomic E-state index is 12.6. The summed E-state index contributed by atoms with van der Waals surface area (Å²) in [6.07, 6.45) is 2.39. The number of fused-ring (bicyclic) bond motifs is 3. The average Bonchev–Trinajstić information content (AvgIpc) is 3.59. The van der Waals surface area contributed by atoms with E-state index in [2.05, 4.69) is 22.8 Å². The molecule has 0 heterocycles. The van der Waals surface area contributed by atoms with Gasteiger partial charge in [-0.1, -0.05) is 68.3 Å². The highest BCUT2D eigenvalue weighted by Crippen LogP contribution is 2.44. The van der Waals surface area contributed by atoms with E-state index in [1.807, 2.05) is 36.4 Å². The second-order valence-electron chi connectivity index (χ2n) is 8.89. The van der Waals surface area contributed by atoms with E-state index in [0.29, 0.717) is 18.8 Å². The Morgan fingerprint density at radius 1 is 1.03 bits per heavy atom. The smallest absolute Gasteiger partial charge is 0.407 e. The highest BCUT2D eigenvalue weighted by Gasteiger charge is 2.31. The summed E-state index contributed by atoms with van der Waals surface area (Å²) in [7, 11) is 0. The molecule has 33 heavy (non-hydrogen) atoms. The van der Waals surface area contributed by atoms with Gasteiger partial charge in [0.2, 0.25) is 5.91 Å². The van der Waals surface area contributed by atoms with Crippen LogP contribution in [0.25, 0.3) is 11.1 Å². The number of amides is 2. The Balaban J connectivity index is 1.31. The van der Waals surface area contributed by atoms with E-state index in [4.69, 9.17) is 4.74 Å². The molecular formula is C26H30N2O5. The lowest BCUT2D eigenvalue weighted by Crippen LogP contribution is -2.48. The van der Waals surface area contributed by atoms with E-state index in [0.717, 1.165) is 35.1 Å². The number of aliphatic carboxylic acids is 1. The molecule has 2 atom stereocenters. The number of carboxylic acids is 1. The minimum Gasteiger partial charge on any atom is -0.481 e. The van der Waals surface area contributed by atoms with Crippen LogP contribution in [0.15, 0.2) is 48.5 Å². The number of benzene rings is 2. The second kappa shape index (κ2) is 10.1. The Hall–Kier alpha value is -3.35. The Morgan fingerprint density at radius 2 is 1.64 bits per heavy atom. The number of nitrogens with one attached hydrogen (secondary N) is 2. The van der Waals surface area contributed by atoms with Gasteiger partial charge in [-0.05, 0) is 41.0 Å². The quantitative estimate of drug-likeness (QED) is 0.509. The zero-order valence-corrected chi connectivity index (χ0v) is 18.8. The molecule has 2 aromatic rings. The summed E-state index contributed by atoms with van der Waals surface area (Å²) in [6, 6.07) is 15.4. The first-order chi connectivity index (χ1) is 16.0. The molecule has 3 N–H and O–H groups in total. The van der Waals surface area contributed by atoms with Crippen LogP contribution in [0.4, 0.5) is 4.79 Å². The van der Waals surface area contributed by atoms with Gasteiger partial charge in [-0.2, -0.15) is 0 Å². The largest absolute Gasteiger partial charge is 0.481 e. The van der Waals surface area contributed by atoms with E-state index in [-0.39, 0.29) is 19.1 Å². The van der Waals surface area contributed by atoms with Gasteiger partial charge in [0.25, 0.3) is 0 Å². The van der Waals surface area contributed by atoms with Crippen molar-refractivity contribution in [3.8, 4) is 11.1 Å². The predicted octanol–water partition coefficient (Wildman–Crippen LogP) is 3.92. The van der Waals surface area contributed by atoms with Crippen molar-refractivity contribution in [2.24, 2.45) is 11.8 Å². The minimum absolute atomic E-state index is 0.0594. The van der Waals surface area contributed by atoms with Gasteiger partial charge < -0.3 is 20.5 Å². The van der Waals surface area contributed by atoms with Crippen molar-refractivity contribution in [2.45, 2.75) is 44.6 Å². The number of carbonyl (C=O) groups is 3. The topological polar surface area (TPSA) is 105 Å². The van der Waals surface area contributed by atoms with Crippen LogP contribution in [0, 0.1) is 11.8 Å². The van der Waals surface area contributed by atoms with Crippen LogP contribution in [-0.4, -0.2) is 42.3 Å². The summed E-state index contributed by atoms with van der Waals surface area (Å²) in [6.45, 7) is 2.01. The molecule has 4 rings (SSSR count). The van der Waals surface area contributed by atoms with Gasteiger partial charge in [0.15, 0.2) is 0 Å². The van der Waals surface area contributed by atoms with E-state index < -0.39 is 29.9 Å². The van der Waals surface area contributed by atoms with Crippen molar-refractivity contribution in [1.82, 2.24) is 10.6 Å². The van der Waals surface area contributed by atoms with Crippen molar-refractivity contribution in [2.75, 3.05) is 13.2 Å². The Kier molecular flexibility index (Phi) is 6.96. The number of carboxylic acid groups (broad SMARTS) is 1. The molecular weight excluding hydrogens is 420 g/mol. The van der Waals surface area contributed by atoms with Crippen molar-refractivity contribution in [3.63, 3.8) is 0 Å². The summed E-state index contributed by atoms with van der Waals surface area (Å²) >= 11 is 0. The first kappa shape index (κ1) is 22.8. The monoisotopic (exact) mass is 450 g/mol. The predicted molar refractivity (Wildman–Crippen MR) is 124 cm³/mol. The van der Waals surface area contributed by atoms with Gasteiger partial charge in [-0.3, -0.25) is 9.59 Å². The van der Waals surface area contributed by atoms with Crippen molar-refractivity contribution in [3.05, 3.63) is 59.7 Å². The third-order valence-electron chi connectivity index (χ3n) is 6.55. The average molecular weight is 451 g/mol. The van der Waals surface area contributed by atoms with Crippen LogP contribution >= 0.6 is 0 Å². The summed E-state index contributed by atoms with van der Waals surface area (Å²) < 4.78 is 5.52. The lowest BCUT2D eigenvalue weighted by atomic mass is 9.98. The lowest BCUT2D eigenvalue weighted by molar-refractivity contribution is -0.142. The van der Waals surface area contributed by atoms with Crippen LogP contribution in [0.5, 0.6) is 0 Å². The molecule has 2 amide bonds. The van der Waals surface area contributed by atoms with Crippen molar-refractivity contribution >= 4 is 18.0 Å². The van der Waals surface area contributed by atoms with Crippen LogP contribution in [0.2, 0.25) is 0 Å². The molecule has 7 nitrogen and oxygen atoms in total. The SMILES string of the molecule is CC[C@@H](NC(=O)OCC1c2ccccc2-c2ccccc21)C(=O)NCC(CC1CC1)C(=O)O. The molecule has 0 aromatic heterocycles. The van der Waals surface area contributed by atoms with Crippen molar-refractivity contribution in [1.29, 1.82) is 0 Å². The van der Waals surface area contributed by atoms with E-state index in [1.165, 1.54) is 0 Å². The molecule has 7 heteroatoms.